The van der Waals surface area contributed by atoms with Gasteiger partial charge in [0.15, 0.2) is 0 Å². The maximum Gasteiger partial charge on any atom is 0.363 e. The molecule has 0 atom stereocenters. The number of nitrogens with one attached hydrogen (secondary N) is 1. The molecule has 86 valence electrons. The molecule has 2 rings (SSSR count). The Morgan fingerprint density at radius 1 is 1.12 bits per heavy atom. The average Bonchev–Trinajstić information content (AvgIpc) is 2.54. The van der Waals surface area contributed by atoms with Gasteiger partial charge in [0, 0.05) is 6.92 Å². The van der Waals surface area contributed by atoms with E-state index < -0.39 is 17.8 Å². The minimum atomic E-state index is -0.830. The van der Waals surface area contributed by atoms with Crippen LogP contribution in [0.15, 0.2) is 36.0 Å². The molecule has 0 unspecified atom stereocenters. The molecule has 0 saturated carbocycles. The molecule has 0 spiro atoms. The van der Waals surface area contributed by atoms with Crippen LogP contribution in [0.4, 0.5) is 0 Å². The van der Waals surface area contributed by atoms with Crippen molar-refractivity contribution in [2.75, 3.05) is 0 Å². The molecule has 0 radical (unpaired) electrons. The van der Waals surface area contributed by atoms with Gasteiger partial charge in [-0.1, -0.05) is 30.3 Å². The molecule has 1 heterocycles. The Labute approximate surface area is 97.1 Å². The number of hydrogen-bond acceptors (Lipinski definition) is 4. The third-order valence-corrected chi connectivity index (χ3v) is 2.21. The van der Waals surface area contributed by atoms with Gasteiger partial charge in [-0.3, -0.25) is 4.79 Å². The summed E-state index contributed by atoms with van der Waals surface area (Å²) >= 11 is 0. The van der Waals surface area contributed by atoms with Crippen molar-refractivity contribution in [2.45, 2.75) is 6.92 Å². The van der Waals surface area contributed by atoms with Crippen LogP contribution in [0.2, 0.25) is 0 Å². The molecule has 1 aliphatic heterocycles. The van der Waals surface area contributed by atoms with Gasteiger partial charge < -0.3 is 10.1 Å². The Morgan fingerprint density at radius 3 is 2.35 bits per heavy atom. The first-order valence-corrected chi connectivity index (χ1v) is 4.93. The summed E-state index contributed by atoms with van der Waals surface area (Å²) in [6.45, 7) is 1.26. The molecule has 0 bridgehead atoms. The fraction of sp³-hybridized carbons (Fsp3) is 0.0833. The predicted molar refractivity (Wildman–Crippen MR) is 58.3 cm³/mol. The molecule has 5 heteroatoms. The van der Waals surface area contributed by atoms with E-state index in [1.165, 1.54) is 6.92 Å². The van der Waals surface area contributed by atoms with Crippen LogP contribution in [0.5, 0.6) is 0 Å². The van der Waals surface area contributed by atoms with Crippen LogP contribution in [-0.2, 0) is 19.1 Å². The molecule has 0 aromatic heterocycles. The van der Waals surface area contributed by atoms with Gasteiger partial charge in [-0.25, -0.2) is 9.59 Å². The van der Waals surface area contributed by atoms with Gasteiger partial charge in [-0.15, -0.1) is 0 Å². The summed E-state index contributed by atoms with van der Waals surface area (Å²) in [5.74, 6) is -2.01. The highest BCUT2D eigenvalue weighted by atomic mass is 16.6. The number of amides is 1. The van der Waals surface area contributed by atoms with E-state index in [1.807, 2.05) is 0 Å². The standard InChI is InChI=1S/C12H9NO4/c1-7(14)13-10-9(11(15)17-12(10)16)8-5-3-2-4-6-8/h2-6H,1H3,(H,13,14). The molecule has 0 saturated heterocycles. The van der Waals surface area contributed by atoms with Crippen molar-refractivity contribution >= 4 is 23.4 Å². The number of rotatable bonds is 2. The SMILES string of the molecule is CC(=O)NC1=C(c2ccccc2)C(=O)OC1=O. The van der Waals surface area contributed by atoms with Crippen LogP contribution in [0, 0.1) is 0 Å². The second-order valence-electron chi connectivity index (χ2n) is 3.47. The highest BCUT2D eigenvalue weighted by Gasteiger charge is 2.34. The van der Waals surface area contributed by atoms with Crippen molar-refractivity contribution < 1.29 is 19.1 Å². The first-order valence-electron chi connectivity index (χ1n) is 4.93. The summed E-state index contributed by atoms with van der Waals surface area (Å²) in [5.41, 5.74) is 0.520. The smallest absolute Gasteiger partial charge is 0.363 e. The lowest BCUT2D eigenvalue weighted by Crippen LogP contribution is -2.23. The van der Waals surface area contributed by atoms with Gasteiger partial charge in [-0.2, -0.15) is 0 Å². The number of esters is 2. The second-order valence-corrected chi connectivity index (χ2v) is 3.47. The highest BCUT2D eigenvalue weighted by molar-refractivity contribution is 6.31. The zero-order valence-corrected chi connectivity index (χ0v) is 9.02. The van der Waals surface area contributed by atoms with Crippen LogP contribution in [0.1, 0.15) is 12.5 Å². The van der Waals surface area contributed by atoms with Crippen LogP contribution < -0.4 is 5.32 Å². The molecule has 1 aromatic carbocycles. The summed E-state index contributed by atoms with van der Waals surface area (Å²) < 4.78 is 4.48. The van der Waals surface area contributed by atoms with Crippen LogP contribution in [-0.4, -0.2) is 17.8 Å². The van der Waals surface area contributed by atoms with E-state index in [0.29, 0.717) is 5.56 Å². The first-order chi connectivity index (χ1) is 8.09. The molecule has 0 fully saturated rings. The van der Waals surface area contributed by atoms with Crippen molar-refractivity contribution in [3.8, 4) is 0 Å². The van der Waals surface area contributed by atoms with Gasteiger partial charge in [-0.05, 0) is 5.56 Å². The van der Waals surface area contributed by atoms with Gasteiger partial charge in [0.05, 0.1) is 5.57 Å². The summed E-state index contributed by atoms with van der Waals surface area (Å²) in [6, 6.07) is 8.56. The molecule has 1 aliphatic rings. The molecule has 1 amide bonds. The molecule has 1 aromatic rings. The van der Waals surface area contributed by atoms with Crippen LogP contribution >= 0.6 is 0 Å². The number of ether oxygens (including phenoxy) is 1. The quantitative estimate of drug-likeness (QED) is 0.598. The van der Waals surface area contributed by atoms with Gasteiger partial charge in [0.2, 0.25) is 5.91 Å². The molecule has 17 heavy (non-hydrogen) atoms. The van der Waals surface area contributed by atoms with Crippen molar-refractivity contribution in [2.24, 2.45) is 0 Å². The Morgan fingerprint density at radius 2 is 1.76 bits per heavy atom. The van der Waals surface area contributed by atoms with E-state index in [1.54, 1.807) is 30.3 Å². The van der Waals surface area contributed by atoms with E-state index >= 15 is 0 Å². The molecule has 0 aliphatic carbocycles. The number of benzene rings is 1. The summed E-state index contributed by atoms with van der Waals surface area (Å²) in [7, 11) is 0. The van der Waals surface area contributed by atoms with E-state index in [2.05, 4.69) is 10.1 Å². The topological polar surface area (TPSA) is 72.5 Å². The number of carbonyl (C=O) groups is 3. The Bertz CT molecular complexity index is 531. The van der Waals surface area contributed by atoms with E-state index in [-0.39, 0.29) is 11.3 Å². The van der Waals surface area contributed by atoms with Crippen LogP contribution in [0.3, 0.4) is 0 Å². The Kier molecular flexibility index (Phi) is 2.74. The highest BCUT2D eigenvalue weighted by Crippen LogP contribution is 2.25. The first kappa shape index (κ1) is 11.1. The van der Waals surface area contributed by atoms with E-state index in [0.717, 1.165) is 0 Å². The Hall–Kier alpha value is -2.43. The van der Waals surface area contributed by atoms with Gasteiger partial charge in [0.1, 0.15) is 5.70 Å². The zero-order valence-electron chi connectivity index (χ0n) is 9.02. The van der Waals surface area contributed by atoms with Crippen molar-refractivity contribution in [3.05, 3.63) is 41.6 Å². The predicted octanol–water partition coefficient (Wildman–Crippen LogP) is 0.617. The maximum absolute atomic E-state index is 11.5. The number of cyclic esters (lactones) is 2. The fourth-order valence-electron chi connectivity index (χ4n) is 1.55. The lowest BCUT2D eigenvalue weighted by molar-refractivity contribution is -0.150. The van der Waals surface area contributed by atoms with Crippen molar-refractivity contribution in [1.82, 2.24) is 5.32 Å². The zero-order chi connectivity index (χ0) is 12.4. The monoisotopic (exact) mass is 231 g/mol. The normalized spacial score (nSPS) is 14.9. The third-order valence-electron chi connectivity index (χ3n) is 2.21. The average molecular weight is 231 g/mol. The lowest BCUT2D eigenvalue weighted by Gasteiger charge is -2.02. The second kappa shape index (κ2) is 4.21. The minimum absolute atomic E-state index is 0.0887. The summed E-state index contributed by atoms with van der Waals surface area (Å²) in [4.78, 5) is 33.9. The van der Waals surface area contributed by atoms with E-state index in [9.17, 15) is 14.4 Å². The molecule has 1 N–H and O–H groups in total. The third kappa shape index (κ3) is 2.08. The summed E-state index contributed by atoms with van der Waals surface area (Å²) in [6.07, 6.45) is 0. The minimum Gasteiger partial charge on any atom is -0.385 e. The van der Waals surface area contributed by atoms with Crippen LogP contribution in [0.25, 0.3) is 5.57 Å². The van der Waals surface area contributed by atoms with Crippen molar-refractivity contribution in [1.29, 1.82) is 0 Å². The molecular weight excluding hydrogens is 222 g/mol. The summed E-state index contributed by atoms with van der Waals surface area (Å²) in [5, 5.41) is 2.32. The van der Waals surface area contributed by atoms with Gasteiger partial charge >= 0.3 is 11.9 Å². The Balaban J connectivity index is 2.52. The number of carbonyl (C=O) groups excluding carboxylic acids is 3. The van der Waals surface area contributed by atoms with Gasteiger partial charge in [0.25, 0.3) is 0 Å². The maximum atomic E-state index is 11.5. The van der Waals surface area contributed by atoms with E-state index in [4.69, 9.17) is 0 Å². The lowest BCUT2D eigenvalue weighted by atomic mass is 10.1. The largest absolute Gasteiger partial charge is 0.385 e. The molecular formula is C12H9NO4. The fourth-order valence-corrected chi connectivity index (χ4v) is 1.55. The molecule has 5 nitrogen and oxygen atoms in total. The van der Waals surface area contributed by atoms with Crippen molar-refractivity contribution in [3.63, 3.8) is 0 Å². The number of hydrogen-bond donors (Lipinski definition) is 1.